The van der Waals surface area contributed by atoms with Crippen molar-refractivity contribution < 1.29 is 13.2 Å². The van der Waals surface area contributed by atoms with Gasteiger partial charge in [-0.1, -0.05) is 20.8 Å². The molecule has 0 N–H and O–H groups in total. The molecule has 1 nitrogen and oxygen atoms in total. The van der Waals surface area contributed by atoms with Crippen LogP contribution in [0, 0.1) is 0 Å². The molecule has 0 fully saturated rings. The number of nitrogens with zero attached hydrogens (tertiary/aromatic N) is 1. The Morgan fingerprint density at radius 2 is 1.88 bits per heavy atom. The van der Waals surface area contributed by atoms with Crippen molar-refractivity contribution in [3.8, 4) is 0 Å². The van der Waals surface area contributed by atoms with E-state index in [0.717, 1.165) is 23.6 Å². The lowest BCUT2D eigenvalue weighted by Crippen LogP contribution is -2.03. The smallest absolute Gasteiger partial charge is 0.241 e. The van der Waals surface area contributed by atoms with Crippen LogP contribution in [0.2, 0.25) is 0 Å². The fraction of sp³-hybridized carbons (Fsp3) is 0.417. The minimum atomic E-state index is -4.27. The van der Waals surface area contributed by atoms with E-state index in [4.69, 9.17) is 0 Å². The van der Waals surface area contributed by atoms with Gasteiger partial charge in [0.1, 0.15) is 0 Å². The second kappa shape index (κ2) is 5.49. The van der Waals surface area contributed by atoms with Crippen molar-refractivity contribution in [2.24, 2.45) is 0 Å². The highest BCUT2D eigenvalue weighted by molar-refractivity contribution is 7.18. The van der Waals surface area contributed by atoms with Crippen LogP contribution in [0.3, 0.4) is 0 Å². The zero-order chi connectivity index (χ0) is 13.1. The second-order valence-corrected chi connectivity index (χ2v) is 4.26. The van der Waals surface area contributed by atoms with Gasteiger partial charge in [-0.3, -0.25) is 0 Å². The number of hydrogen-bond acceptors (Lipinski definition) is 2. The lowest BCUT2D eigenvalue weighted by Gasteiger charge is -2.04. The van der Waals surface area contributed by atoms with Crippen molar-refractivity contribution in [2.45, 2.75) is 33.4 Å². The van der Waals surface area contributed by atoms with Crippen molar-refractivity contribution in [3.63, 3.8) is 0 Å². The molecule has 0 bridgehead atoms. The number of aromatic nitrogens is 1. The molecule has 0 aliphatic heterocycles. The summed E-state index contributed by atoms with van der Waals surface area (Å²) in [4.78, 5) is 4.21. The predicted molar refractivity (Wildman–Crippen MR) is 65.3 cm³/mol. The first-order chi connectivity index (χ1) is 8.00. The van der Waals surface area contributed by atoms with Gasteiger partial charge in [0.15, 0.2) is 0 Å². The Morgan fingerprint density at radius 1 is 1.24 bits per heavy atom. The first kappa shape index (κ1) is 14.0. The Kier molecular flexibility index (Phi) is 4.51. The van der Waals surface area contributed by atoms with E-state index in [1.807, 2.05) is 20.8 Å². The largest absolute Gasteiger partial charge is 0.416 e. The number of aryl methyl sites for hydroxylation is 1. The molecule has 2 aromatic rings. The fourth-order valence-corrected chi connectivity index (χ4v) is 2.25. The van der Waals surface area contributed by atoms with Crippen LogP contribution >= 0.6 is 11.3 Å². The van der Waals surface area contributed by atoms with Crippen molar-refractivity contribution in [2.75, 3.05) is 0 Å². The Balaban J connectivity index is 0.000000686. The molecule has 1 aromatic heterocycles. The van der Waals surface area contributed by atoms with Crippen LogP contribution in [0.5, 0.6) is 0 Å². The molecule has 0 saturated heterocycles. The average molecular weight is 261 g/mol. The van der Waals surface area contributed by atoms with Crippen LogP contribution in [0.15, 0.2) is 18.2 Å². The summed E-state index contributed by atoms with van der Waals surface area (Å²) in [6, 6.07) is 3.65. The van der Waals surface area contributed by atoms with Crippen LogP contribution in [0.1, 0.15) is 31.3 Å². The summed E-state index contributed by atoms with van der Waals surface area (Å²) in [6.45, 7) is 5.93. The van der Waals surface area contributed by atoms with Gasteiger partial charge in [-0.25, -0.2) is 4.98 Å². The van der Waals surface area contributed by atoms with Gasteiger partial charge in [-0.15, -0.1) is 11.3 Å². The quantitative estimate of drug-likeness (QED) is 0.711. The van der Waals surface area contributed by atoms with E-state index in [-0.39, 0.29) is 0 Å². The van der Waals surface area contributed by atoms with Crippen molar-refractivity contribution in [1.82, 2.24) is 4.98 Å². The molecule has 0 unspecified atom stereocenters. The van der Waals surface area contributed by atoms with Gasteiger partial charge < -0.3 is 0 Å². The zero-order valence-electron chi connectivity index (χ0n) is 9.93. The number of fused-ring (bicyclic) bond motifs is 1. The van der Waals surface area contributed by atoms with E-state index in [1.54, 1.807) is 0 Å². The van der Waals surface area contributed by atoms with Gasteiger partial charge in [-0.05, 0) is 24.6 Å². The van der Waals surface area contributed by atoms with Gasteiger partial charge in [0.25, 0.3) is 0 Å². The Bertz CT molecular complexity index is 488. The maximum absolute atomic E-state index is 12.4. The normalized spacial score (nSPS) is 11.2. The highest BCUT2D eigenvalue weighted by atomic mass is 32.1. The van der Waals surface area contributed by atoms with Crippen LogP contribution < -0.4 is 0 Å². The van der Waals surface area contributed by atoms with Crippen LogP contribution in [0.25, 0.3) is 10.2 Å². The summed E-state index contributed by atoms with van der Waals surface area (Å²) in [7, 11) is 0. The number of halogens is 3. The van der Waals surface area contributed by atoms with Gasteiger partial charge in [0.2, 0.25) is 0 Å². The molecule has 0 aliphatic rings. The first-order valence-corrected chi connectivity index (χ1v) is 6.29. The third-order valence-corrected chi connectivity index (χ3v) is 3.22. The van der Waals surface area contributed by atoms with Crippen molar-refractivity contribution in [1.29, 1.82) is 0 Å². The second-order valence-electron chi connectivity index (χ2n) is 3.14. The van der Waals surface area contributed by atoms with Crippen LogP contribution in [-0.4, -0.2) is 4.98 Å². The summed E-state index contributed by atoms with van der Waals surface area (Å²) >= 11 is 1.32. The summed E-state index contributed by atoms with van der Waals surface area (Å²) in [5.41, 5.74) is 0.0335. The number of thiazole rings is 1. The minimum Gasteiger partial charge on any atom is -0.241 e. The minimum absolute atomic E-state index is 0.599. The third-order valence-electron chi connectivity index (χ3n) is 2.06. The van der Waals surface area contributed by atoms with Crippen molar-refractivity contribution >= 4 is 21.6 Å². The maximum Gasteiger partial charge on any atom is 0.416 e. The molecule has 0 spiro atoms. The highest BCUT2D eigenvalue weighted by Gasteiger charge is 2.30. The molecule has 0 radical (unpaired) electrons. The predicted octanol–water partition coefficient (Wildman–Crippen LogP) is 4.90. The lowest BCUT2D eigenvalue weighted by molar-refractivity contribution is -0.137. The third kappa shape index (κ3) is 3.19. The van der Waals surface area contributed by atoms with E-state index < -0.39 is 11.7 Å². The van der Waals surface area contributed by atoms with Crippen LogP contribution in [0.4, 0.5) is 13.2 Å². The number of rotatable bonds is 1. The molecular weight excluding hydrogens is 247 g/mol. The Morgan fingerprint density at radius 3 is 2.41 bits per heavy atom. The number of hydrogen-bond donors (Lipinski definition) is 0. The van der Waals surface area contributed by atoms with E-state index >= 15 is 0 Å². The summed E-state index contributed by atoms with van der Waals surface area (Å²) < 4.78 is 37.8. The van der Waals surface area contributed by atoms with Crippen molar-refractivity contribution in [3.05, 3.63) is 28.8 Å². The summed E-state index contributed by atoms with van der Waals surface area (Å²) in [5, 5.41) is 0.865. The Labute approximate surface area is 102 Å². The average Bonchev–Trinajstić information content (AvgIpc) is 2.72. The molecule has 0 atom stereocenters. The molecule has 1 aromatic carbocycles. The summed E-state index contributed by atoms with van der Waals surface area (Å²) in [6.07, 6.45) is -3.52. The van der Waals surface area contributed by atoms with Gasteiger partial charge in [0, 0.05) is 0 Å². The van der Waals surface area contributed by atoms with E-state index in [9.17, 15) is 13.2 Å². The van der Waals surface area contributed by atoms with E-state index in [2.05, 4.69) is 4.98 Å². The monoisotopic (exact) mass is 261 g/mol. The molecule has 1 heterocycles. The molecular formula is C12H14F3NS. The molecule has 94 valence electrons. The molecule has 0 saturated carbocycles. The molecule has 5 heteroatoms. The van der Waals surface area contributed by atoms with Gasteiger partial charge in [-0.2, -0.15) is 13.2 Å². The lowest BCUT2D eigenvalue weighted by atomic mass is 10.2. The van der Waals surface area contributed by atoms with Gasteiger partial charge in [0.05, 0.1) is 20.8 Å². The first-order valence-electron chi connectivity index (χ1n) is 5.47. The van der Waals surface area contributed by atoms with Crippen LogP contribution in [-0.2, 0) is 12.6 Å². The molecule has 0 aliphatic carbocycles. The maximum atomic E-state index is 12.4. The molecule has 0 amide bonds. The fourth-order valence-electron chi connectivity index (χ4n) is 1.30. The Hall–Kier alpha value is -1.10. The van der Waals surface area contributed by atoms with Gasteiger partial charge >= 0.3 is 6.18 Å². The van der Waals surface area contributed by atoms with E-state index in [1.165, 1.54) is 17.4 Å². The summed E-state index contributed by atoms with van der Waals surface area (Å²) in [5.74, 6) is 0. The zero-order valence-corrected chi connectivity index (χ0v) is 10.7. The topological polar surface area (TPSA) is 12.9 Å². The molecule has 2 rings (SSSR count). The number of alkyl halides is 3. The van der Waals surface area contributed by atoms with E-state index in [0.29, 0.717) is 10.2 Å². The highest BCUT2D eigenvalue weighted by Crippen LogP contribution is 2.33. The number of benzene rings is 1. The standard InChI is InChI=1S/C10H8F3NS.C2H6/c1-2-9-14-7-4-3-6(10(11,12)13)5-8(7)15-9;1-2/h3-5H,2H2,1H3;1-2H3. The SMILES string of the molecule is CC.CCc1nc2ccc(C(F)(F)F)cc2s1. The molecule has 17 heavy (non-hydrogen) atoms.